The highest BCUT2D eigenvalue weighted by molar-refractivity contribution is 5.94. The third-order valence-electron chi connectivity index (χ3n) is 6.60. The minimum Gasteiger partial charge on any atom is -0.493 e. The Morgan fingerprint density at radius 2 is 1.91 bits per heavy atom. The Kier molecular flexibility index (Phi) is 8.08. The lowest BCUT2D eigenvalue weighted by molar-refractivity contribution is 0.0950. The average Bonchev–Trinajstić information content (AvgIpc) is 3.18. The molecule has 35 heavy (non-hydrogen) atoms. The van der Waals surface area contributed by atoms with E-state index in [2.05, 4.69) is 46.6 Å². The number of nitrogens with one attached hydrogen (secondary N) is 1. The van der Waals surface area contributed by atoms with Crippen LogP contribution >= 0.6 is 0 Å². The van der Waals surface area contributed by atoms with Crippen LogP contribution in [0.2, 0.25) is 0 Å². The fraction of sp³-hybridized carbons (Fsp3) is 0.429. The Balaban J connectivity index is 1.31. The molecule has 1 fully saturated rings. The van der Waals surface area contributed by atoms with Crippen molar-refractivity contribution in [2.24, 2.45) is 5.92 Å². The second-order valence-corrected chi connectivity index (χ2v) is 9.44. The van der Waals surface area contributed by atoms with E-state index in [1.54, 1.807) is 25.3 Å². The third kappa shape index (κ3) is 6.42. The van der Waals surface area contributed by atoms with Crippen molar-refractivity contribution in [3.05, 3.63) is 76.2 Å². The molecule has 2 heterocycles. The number of aryl methyl sites for hydroxylation is 2. The van der Waals surface area contributed by atoms with Crippen LogP contribution in [0.1, 0.15) is 58.3 Å². The molecule has 0 radical (unpaired) electrons. The number of likely N-dealkylation sites (tertiary alicyclic amines) is 1. The predicted molar refractivity (Wildman–Crippen MR) is 135 cm³/mol. The zero-order valence-corrected chi connectivity index (χ0v) is 21.1. The predicted octanol–water partition coefficient (Wildman–Crippen LogP) is 5.04. The number of nitrogens with zero attached hydrogens (tertiary/aromatic N) is 2. The number of ether oxygens (including phenoxy) is 2. The quantitative estimate of drug-likeness (QED) is 0.465. The number of rotatable bonds is 9. The lowest BCUT2D eigenvalue weighted by atomic mass is 9.99. The van der Waals surface area contributed by atoms with Gasteiger partial charge in [-0.15, -0.1) is 0 Å². The Morgan fingerprint density at radius 3 is 2.60 bits per heavy atom. The molecule has 0 saturated carbocycles. The van der Waals surface area contributed by atoms with Crippen molar-refractivity contribution in [1.29, 1.82) is 0 Å². The number of carbonyl (C=O) groups excluding carboxylic acids is 1. The van der Waals surface area contributed by atoms with Gasteiger partial charge in [-0.3, -0.25) is 9.69 Å². The summed E-state index contributed by atoms with van der Waals surface area (Å²) in [6.07, 6.45) is 2.61. The fourth-order valence-electron chi connectivity index (χ4n) is 4.52. The topological polar surface area (TPSA) is 76.8 Å². The first-order valence-corrected chi connectivity index (χ1v) is 12.2. The number of benzene rings is 2. The van der Waals surface area contributed by atoms with Crippen LogP contribution < -0.4 is 14.8 Å². The molecule has 1 atom stereocenters. The van der Waals surface area contributed by atoms with Gasteiger partial charge in [0.05, 0.1) is 18.4 Å². The first-order valence-electron chi connectivity index (χ1n) is 12.2. The van der Waals surface area contributed by atoms with E-state index in [1.165, 1.54) is 31.5 Å². The van der Waals surface area contributed by atoms with Crippen LogP contribution in [0.5, 0.6) is 11.5 Å². The molecule has 0 aliphatic carbocycles. The highest BCUT2D eigenvalue weighted by Gasteiger charge is 2.17. The fourth-order valence-corrected chi connectivity index (χ4v) is 4.52. The molecule has 1 N–H and O–H groups in total. The van der Waals surface area contributed by atoms with Crippen molar-refractivity contribution < 1.29 is 18.8 Å². The summed E-state index contributed by atoms with van der Waals surface area (Å²) in [5, 5.41) is 6.94. The number of aromatic nitrogens is 1. The smallest absolute Gasteiger partial charge is 0.251 e. The Labute approximate surface area is 207 Å². The van der Waals surface area contributed by atoms with Crippen molar-refractivity contribution in [3.63, 3.8) is 0 Å². The molecule has 1 aliphatic heterocycles. The number of methoxy groups -OCH3 is 1. The van der Waals surface area contributed by atoms with E-state index in [0.29, 0.717) is 30.2 Å². The highest BCUT2D eigenvalue weighted by atomic mass is 16.5. The first-order chi connectivity index (χ1) is 16.9. The van der Waals surface area contributed by atoms with E-state index in [-0.39, 0.29) is 5.91 Å². The lowest BCUT2D eigenvalue weighted by Gasteiger charge is -2.30. The number of amides is 1. The van der Waals surface area contributed by atoms with E-state index in [4.69, 9.17) is 14.0 Å². The number of hydrogen-bond acceptors (Lipinski definition) is 6. The SMILES string of the molecule is COc1cc(C(=O)NCc2ccc(CN3CCC[C@@H](C)C3)cc2)ccc1OCc1c(C)noc1C. The molecule has 0 spiro atoms. The molecule has 1 aliphatic rings. The van der Waals surface area contributed by atoms with Crippen LogP contribution in [-0.4, -0.2) is 36.2 Å². The normalized spacial score (nSPS) is 16.2. The molecule has 1 aromatic heterocycles. The van der Waals surface area contributed by atoms with Crippen molar-refractivity contribution in [2.45, 2.75) is 53.3 Å². The molecule has 3 aromatic rings. The summed E-state index contributed by atoms with van der Waals surface area (Å²) in [7, 11) is 1.56. The van der Waals surface area contributed by atoms with Gasteiger partial charge in [0.1, 0.15) is 12.4 Å². The van der Waals surface area contributed by atoms with Crippen molar-refractivity contribution in [1.82, 2.24) is 15.4 Å². The summed E-state index contributed by atoms with van der Waals surface area (Å²) in [5.74, 6) is 2.40. The van der Waals surface area contributed by atoms with Crippen molar-refractivity contribution in [2.75, 3.05) is 20.2 Å². The van der Waals surface area contributed by atoms with Crippen molar-refractivity contribution in [3.8, 4) is 11.5 Å². The molecule has 4 rings (SSSR count). The molecule has 186 valence electrons. The van der Waals surface area contributed by atoms with Gasteiger partial charge in [-0.25, -0.2) is 0 Å². The van der Waals surface area contributed by atoms with E-state index >= 15 is 0 Å². The highest BCUT2D eigenvalue weighted by Crippen LogP contribution is 2.29. The van der Waals surface area contributed by atoms with Crippen LogP contribution in [-0.2, 0) is 19.7 Å². The second kappa shape index (κ2) is 11.4. The number of hydrogen-bond donors (Lipinski definition) is 1. The van der Waals surface area contributed by atoms with Gasteiger partial charge in [0, 0.05) is 25.2 Å². The summed E-state index contributed by atoms with van der Waals surface area (Å²) >= 11 is 0. The van der Waals surface area contributed by atoms with Gasteiger partial charge in [-0.1, -0.05) is 36.3 Å². The monoisotopic (exact) mass is 477 g/mol. The maximum absolute atomic E-state index is 12.8. The molecular weight excluding hydrogens is 442 g/mol. The van der Waals surface area contributed by atoms with Gasteiger partial charge in [0.15, 0.2) is 11.5 Å². The van der Waals surface area contributed by atoms with Gasteiger partial charge in [0.25, 0.3) is 5.91 Å². The van der Waals surface area contributed by atoms with Crippen LogP contribution in [0.3, 0.4) is 0 Å². The molecule has 2 aromatic carbocycles. The van der Waals surface area contributed by atoms with Crippen LogP contribution in [0.4, 0.5) is 0 Å². The summed E-state index contributed by atoms with van der Waals surface area (Å²) in [6.45, 7) is 10.2. The van der Waals surface area contributed by atoms with Crippen LogP contribution in [0, 0.1) is 19.8 Å². The molecule has 0 bridgehead atoms. The van der Waals surface area contributed by atoms with Gasteiger partial charge in [0.2, 0.25) is 0 Å². The van der Waals surface area contributed by atoms with E-state index in [0.717, 1.165) is 35.0 Å². The van der Waals surface area contributed by atoms with Crippen LogP contribution in [0.25, 0.3) is 0 Å². The maximum Gasteiger partial charge on any atom is 0.251 e. The summed E-state index contributed by atoms with van der Waals surface area (Å²) in [5.41, 5.74) is 4.60. The largest absolute Gasteiger partial charge is 0.493 e. The zero-order valence-electron chi connectivity index (χ0n) is 21.1. The Bertz CT molecular complexity index is 1120. The average molecular weight is 478 g/mol. The third-order valence-corrected chi connectivity index (χ3v) is 6.60. The molecule has 7 heteroatoms. The van der Waals surface area contributed by atoms with Gasteiger partial charge >= 0.3 is 0 Å². The second-order valence-electron chi connectivity index (χ2n) is 9.44. The summed E-state index contributed by atoms with van der Waals surface area (Å²) in [4.78, 5) is 15.3. The Morgan fingerprint density at radius 1 is 1.14 bits per heavy atom. The van der Waals surface area contributed by atoms with E-state index in [1.807, 2.05) is 13.8 Å². The molecule has 7 nitrogen and oxygen atoms in total. The lowest BCUT2D eigenvalue weighted by Crippen LogP contribution is -2.33. The molecule has 0 unspecified atom stereocenters. The van der Waals surface area contributed by atoms with E-state index < -0.39 is 0 Å². The van der Waals surface area contributed by atoms with Gasteiger partial charge in [-0.2, -0.15) is 0 Å². The van der Waals surface area contributed by atoms with E-state index in [9.17, 15) is 4.79 Å². The summed E-state index contributed by atoms with van der Waals surface area (Å²) in [6, 6.07) is 13.7. The number of piperidine rings is 1. The molecule has 1 saturated heterocycles. The Hall–Kier alpha value is -3.32. The first kappa shape index (κ1) is 24.8. The maximum atomic E-state index is 12.8. The van der Waals surface area contributed by atoms with Gasteiger partial charge < -0.3 is 19.3 Å². The minimum absolute atomic E-state index is 0.160. The number of carbonyl (C=O) groups is 1. The van der Waals surface area contributed by atoms with Crippen LogP contribution in [0.15, 0.2) is 47.0 Å². The zero-order chi connectivity index (χ0) is 24.8. The summed E-state index contributed by atoms with van der Waals surface area (Å²) < 4.78 is 16.6. The molecular formula is C28H35N3O4. The van der Waals surface area contributed by atoms with Gasteiger partial charge in [-0.05, 0) is 68.5 Å². The standard InChI is InChI=1S/C28H35N3O4/c1-19-6-5-13-31(16-19)17-23-9-7-22(8-10-23)15-29-28(32)24-11-12-26(27(14-24)33-4)34-18-25-20(2)30-35-21(25)3/h7-12,14,19H,5-6,13,15-18H2,1-4H3,(H,29,32)/t19-/m1/s1. The minimum atomic E-state index is -0.160. The van der Waals surface area contributed by atoms with Crippen molar-refractivity contribution >= 4 is 5.91 Å². The molecule has 1 amide bonds.